The summed E-state index contributed by atoms with van der Waals surface area (Å²) >= 11 is 0. The lowest BCUT2D eigenvalue weighted by Gasteiger charge is -2.32. The van der Waals surface area contributed by atoms with Gasteiger partial charge in [0.05, 0.1) is 19.3 Å². The van der Waals surface area contributed by atoms with E-state index in [2.05, 4.69) is 5.32 Å². The zero-order chi connectivity index (χ0) is 16.1. The number of hydrogen-bond acceptors (Lipinski definition) is 4. The smallest absolute Gasteiger partial charge is 0.322 e. The molecule has 1 aromatic rings. The van der Waals surface area contributed by atoms with Crippen LogP contribution >= 0.6 is 0 Å². The predicted molar refractivity (Wildman–Crippen MR) is 72.1 cm³/mol. The summed E-state index contributed by atoms with van der Waals surface area (Å²) in [5.74, 6) is -3.40. The van der Waals surface area contributed by atoms with E-state index in [-0.39, 0.29) is 6.54 Å². The molecule has 0 aromatic heterocycles. The zero-order valence-electron chi connectivity index (χ0n) is 11.7. The molecule has 1 aromatic carbocycles. The second-order valence-electron chi connectivity index (χ2n) is 4.94. The van der Waals surface area contributed by atoms with E-state index in [0.717, 1.165) is 12.1 Å². The maximum absolute atomic E-state index is 13.3. The highest BCUT2D eigenvalue weighted by molar-refractivity contribution is 5.82. The van der Waals surface area contributed by atoms with Gasteiger partial charge in [0.1, 0.15) is 6.54 Å². The third-order valence-corrected chi connectivity index (χ3v) is 3.27. The van der Waals surface area contributed by atoms with Crippen LogP contribution in [-0.4, -0.2) is 54.7 Å². The van der Waals surface area contributed by atoms with Crippen molar-refractivity contribution < 1.29 is 28.2 Å². The van der Waals surface area contributed by atoms with Crippen molar-refractivity contribution in [1.82, 2.24) is 10.2 Å². The number of halogens is 2. The minimum Gasteiger partial charge on any atom is -0.480 e. The molecule has 1 heterocycles. The van der Waals surface area contributed by atoms with Crippen molar-refractivity contribution in [1.29, 1.82) is 0 Å². The molecule has 1 amide bonds. The van der Waals surface area contributed by atoms with E-state index in [1.54, 1.807) is 4.90 Å². The minimum absolute atomic E-state index is 0.0246. The second kappa shape index (κ2) is 7.28. The fraction of sp³-hybridized carbons (Fsp3) is 0.429. The Balaban J connectivity index is 1.92. The molecular weight excluding hydrogens is 298 g/mol. The van der Waals surface area contributed by atoms with Gasteiger partial charge in [-0.2, -0.15) is 0 Å². The van der Waals surface area contributed by atoms with Crippen LogP contribution in [0.25, 0.3) is 0 Å². The Labute approximate surface area is 125 Å². The number of aliphatic carboxylic acids is 1. The number of carboxylic acid groups (broad SMARTS) is 1. The fourth-order valence-electron chi connectivity index (χ4n) is 2.19. The fourth-order valence-corrected chi connectivity index (χ4v) is 2.19. The average molecular weight is 314 g/mol. The lowest BCUT2D eigenvalue weighted by molar-refractivity contribution is -0.138. The maximum Gasteiger partial charge on any atom is 0.322 e. The van der Waals surface area contributed by atoms with Crippen LogP contribution in [0.4, 0.5) is 8.78 Å². The molecule has 0 saturated carbocycles. The van der Waals surface area contributed by atoms with Gasteiger partial charge in [-0.15, -0.1) is 0 Å². The summed E-state index contributed by atoms with van der Waals surface area (Å²) < 4.78 is 31.7. The molecular formula is C14H16F2N2O4. The first-order chi connectivity index (χ1) is 10.5. The van der Waals surface area contributed by atoms with Crippen molar-refractivity contribution >= 4 is 11.9 Å². The topological polar surface area (TPSA) is 78.9 Å². The van der Waals surface area contributed by atoms with Gasteiger partial charge in [0.25, 0.3) is 0 Å². The van der Waals surface area contributed by atoms with Crippen LogP contribution in [0.5, 0.6) is 0 Å². The number of carbonyl (C=O) groups is 2. The van der Waals surface area contributed by atoms with Gasteiger partial charge < -0.3 is 15.2 Å². The third kappa shape index (κ3) is 4.47. The van der Waals surface area contributed by atoms with Crippen molar-refractivity contribution in [2.75, 3.05) is 32.8 Å². The number of nitrogens with one attached hydrogen (secondary N) is 1. The quantitative estimate of drug-likeness (QED) is 0.829. The highest BCUT2D eigenvalue weighted by atomic mass is 19.2. The van der Waals surface area contributed by atoms with Crippen molar-refractivity contribution in [2.24, 2.45) is 0 Å². The Morgan fingerprint density at radius 1 is 1.36 bits per heavy atom. The lowest BCUT2D eigenvalue weighted by atomic mass is 10.1. The minimum atomic E-state index is -1.12. The van der Waals surface area contributed by atoms with Gasteiger partial charge in [0, 0.05) is 13.1 Å². The lowest BCUT2D eigenvalue weighted by Crippen LogP contribution is -2.45. The first-order valence-electron chi connectivity index (χ1n) is 6.73. The number of carbonyl (C=O) groups excluding carboxylic acids is 1. The number of rotatable bonds is 5. The van der Waals surface area contributed by atoms with E-state index < -0.39 is 36.2 Å². The van der Waals surface area contributed by atoms with Crippen LogP contribution in [-0.2, 0) is 14.3 Å². The Hall–Kier alpha value is -2.06. The molecule has 1 aliphatic rings. The Morgan fingerprint density at radius 3 is 2.82 bits per heavy atom. The summed E-state index contributed by atoms with van der Waals surface area (Å²) in [5.41, 5.74) is 0.495. The number of hydrogen-bond donors (Lipinski definition) is 2. The first kappa shape index (κ1) is 16.3. The van der Waals surface area contributed by atoms with E-state index in [1.807, 2.05) is 0 Å². The number of ether oxygens (including phenoxy) is 1. The van der Waals surface area contributed by atoms with Crippen LogP contribution in [0.3, 0.4) is 0 Å². The standard InChI is InChI=1S/C14H16F2N2O4/c15-10-2-1-9(5-11(10)16)12-7-18(3-4-22-12)8-13(19)17-6-14(20)21/h1-2,5,12H,3-4,6-8H2,(H,17,19)(H,20,21). The van der Waals surface area contributed by atoms with Crippen LogP contribution in [0.15, 0.2) is 18.2 Å². The van der Waals surface area contributed by atoms with Crippen molar-refractivity contribution in [3.05, 3.63) is 35.4 Å². The monoisotopic (exact) mass is 314 g/mol. The van der Waals surface area contributed by atoms with Crippen LogP contribution < -0.4 is 5.32 Å². The van der Waals surface area contributed by atoms with Gasteiger partial charge in [0.2, 0.25) is 5.91 Å². The van der Waals surface area contributed by atoms with E-state index in [1.165, 1.54) is 6.07 Å². The van der Waals surface area contributed by atoms with Crippen LogP contribution in [0.1, 0.15) is 11.7 Å². The largest absolute Gasteiger partial charge is 0.480 e. The summed E-state index contributed by atoms with van der Waals surface area (Å²) in [7, 11) is 0. The summed E-state index contributed by atoms with van der Waals surface area (Å²) in [6, 6.07) is 3.55. The Morgan fingerprint density at radius 2 is 2.14 bits per heavy atom. The van der Waals surface area contributed by atoms with Crippen molar-refractivity contribution in [3.63, 3.8) is 0 Å². The Kier molecular flexibility index (Phi) is 5.40. The Bertz CT molecular complexity index is 568. The van der Waals surface area contributed by atoms with Gasteiger partial charge in [-0.1, -0.05) is 6.07 Å². The van der Waals surface area contributed by atoms with Gasteiger partial charge in [0.15, 0.2) is 11.6 Å². The molecule has 120 valence electrons. The van der Waals surface area contributed by atoms with Gasteiger partial charge in [-0.05, 0) is 17.7 Å². The molecule has 1 fully saturated rings. The molecule has 2 rings (SSSR count). The van der Waals surface area contributed by atoms with E-state index in [0.29, 0.717) is 25.3 Å². The van der Waals surface area contributed by atoms with Gasteiger partial charge in [-0.25, -0.2) is 8.78 Å². The number of morpholine rings is 1. The van der Waals surface area contributed by atoms with Crippen molar-refractivity contribution in [2.45, 2.75) is 6.10 Å². The predicted octanol–water partition coefficient (Wildman–Crippen LogP) is 0.539. The molecule has 6 nitrogen and oxygen atoms in total. The summed E-state index contributed by atoms with van der Waals surface area (Å²) in [6.07, 6.45) is -0.462. The molecule has 0 bridgehead atoms. The molecule has 0 aliphatic carbocycles. The highest BCUT2D eigenvalue weighted by Gasteiger charge is 2.24. The van der Waals surface area contributed by atoms with E-state index in [9.17, 15) is 18.4 Å². The molecule has 0 spiro atoms. The third-order valence-electron chi connectivity index (χ3n) is 3.27. The normalized spacial score (nSPS) is 18.9. The molecule has 1 atom stereocenters. The molecule has 2 N–H and O–H groups in total. The van der Waals surface area contributed by atoms with Gasteiger partial charge >= 0.3 is 5.97 Å². The van der Waals surface area contributed by atoms with E-state index >= 15 is 0 Å². The number of nitrogens with zero attached hydrogens (tertiary/aromatic N) is 1. The highest BCUT2D eigenvalue weighted by Crippen LogP contribution is 2.23. The second-order valence-corrected chi connectivity index (χ2v) is 4.94. The first-order valence-corrected chi connectivity index (χ1v) is 6.73. The number of benzene rings is 1. The summed E-state index contributed by atoms with van der Waals surface area (Å²) in [6.45, 7) is 0.773. The molecule has 22 heavy (non-hydrogen) atoms. The molecule has 1 unspecified atom stereocenters. The molecule has 1 saturated heterocycles. The average Bonchev–Trinajstić information content (AvgIpc) is 2.48. The number of amides is 1. The van der Waals surface area contributed by atoms with Gasteiger partial charge in [-0.3, -0.25) is 14.5 Å². The zero-order valence-corrected chi connectivity index (χ0v) is 11.7. The molecule has 0 radical (unpaired) electrons. The molecule has 1 aliphatic heterocycles. The maximum atomic E-state index is 13.3. The summed E-state index contributed by atoms with van der Waals surface area (Å²) in [5, 5.41) is 10.8. The summed E-state index contributed by atoms with van der Waals surface area (Å²) in [4.78, 5) is 23.7. The van der Waals surface area contributed by atoms with E-state index in [4.69, 9.17) is 9.84 Å². The van der Waals surface area contributed by atoms with Crippen LogP contribution in [0.2, 0.25) is 0 Å². The van der Waals surface area contributed by atoms with Crippen molar-refractivity contribution in [3.8, 4) is 0 Å². The molecule has 8 heteroatoms. The van der Waals surface area contributed by atoms with Crippen LogP contribution in [0, 0.1) is 11.6 Å². The SMILES string of the molecule is O=C(O)CNC(=O)CN1CCOC(c2ccc(F)c(F)c2)C1. The number of carboxylic acids is 1.